The highest BCUT2D eigenvalue weighted by Crippen LogP contribution is 2.42. The van der Waals surface area contributed by atoms with E-state index in [4.69, 9.17) is 5.73 Å². The van der Waals surface area contributed by atoms with Crippen molar-refractivity contribution in [2.75, 3.05) is 6.54 Å². The van der Waals surface area contributed by atoms with Crippen LogP contribution in [-0.4, -0.2) is 12.2 Å². The minimum atomic E-state index is -1.09. The lowest BCUT2D eigenvalue weighted by Crippen LogP contribution is -2.48. The minimum Gasteiger partial charge on any atom is -0.328 e. The van der Waals surface area contributed by atoms with Crippen LogP contribution in [0.4, 0.5) is 4.39 Å². The molecule has 1 fully saturated rings. The summed E-state index contributed by atoms with van der Waals surface area (Å²) in [5, 5.41) is 0. The molecule has 0 aromatic carbocycles. The van der Waals surface area contributed by atoms with Gasteiger partial charge in [-0.05, 0) is 24.7 Å². The van der Waals surface area contributed by atoms with Gasteiger partial charge in [-0.15, -0.1) is 0 Å². The van der Waals surface area contributed by atoms with Gasteiger partial charge >= 0.3 is 0 Å². The van der Waals surface area contributed by atoms with Crippen molar-refractivity contribution in [3.63, 3.8) is 0 Å². The van der Waals surface area contributed by atoms with Gasteiger partial charge in [-0.2, -0.15) is 0 Å². The van der Waals surface area contributed by atoms with Crippen LogP contribution in [0, 0.1) is 11.8 Å². The maximum absolute atomic E-state index is 14.0. The van der Waals surface area contributed by atoms with Crippen LogP contribution in [-0.2, 0) is 0 Å². The molecule has 0 saturated heterocycles. The molecule has 0 aromatic rings. The van der Waals surface area contributed by atoms with Gasteiger partial charge in [0.1, 0.15) is 5.67 Å². The topological polar surface area (TPSA) is 26.0 Å². The van der Waals surface area contributed by atoms with Crippen molar-refractivity contribution in [1.82, 2.24) is 0 Å². The van der Waals surface area contributed by atoms with Crippen LogP contribution in [0.2, 0.25) is 0 Å². The predicted octanol–water partition coefficient (Wildman–Crippen LogP) is 2.11. The molecule has 1 aliphatic rings. The van der Waals surface area contributed by atoms with E-state index in [0.717, 1.165) is 12.8 Å². The molecule has 66 valence electrons. The number of rotatable bonds is 3. The molecule has 1 rings (SSSR count). The third kappa shape index (κ3) is 1.41. The molecule has 1 aliphatic carbocycles. The maximum Gasteiger partial charge on any atom is 0.128 e. The summed E-state index contributed by atoms with van der Waals surface area (Å²) in [6.45, 7) is 4.03. The minimum absolute atomic E-state index is 0.0674. The number of hydrogen-bond donors (Lipinski definition) is 1. The first-order chi connectivity index (χ1) is 5.11. The van der Waals surface area contributed by atoms with E-state index in [1.54, 1.807) is 0 Å². The Labute approximate surface area is 68.2 Å². The lowest BCUT2D eigenvalue weighted by Gasteiger charge is -2.41. The number of halogens is 1. The molecule has 11 heavy (non-hydrogen) atoms. The molecule has 2 N–H and O–H groups in total. The molecule has 2 heteroatoms. The molecule has 1 atom stereocenters. The van der Waals surface area contributed by atoms with E-state index in [9.17, 15) is 4.39 Å². The van der Waals surface area contributed by atoms with Gasteiger partial charge < -0.3 is 5.73 Å². The van der Waals surface area contributed by atoms with Crippen LogP contribution in [0.3, 0.4) is 0 Å². The molecule has 0 aromatic heterocycles. The van der Waals surface area contributed by atoms with Gasteiger partial charge in [-0.25, -0.2) is 4.39 Å². The van der Waals surface area contributed by atoms with E-state index >= 15 is 0 Å². The molecule has 0 aliphatic heterocycles. The fourth-order valence-corrected chi connectivity index (χ4v) is 1.76. The smallest absolute Gasteiger partial charge is 0.128 e. The van der Waals surface area contributed by atoms with Crippen LogP contribution in [0.15, 0.2) is 0 Å². The molecular formula is C9H18FN. The maximum atomic E-state index is 14.0. The third-order valence-electron chi connectivity index (χ3n) is 3.06. The second kappa shape index (κ2) is 3.10. The third-order valence-corrected chi connectivity index (χ3v) is 3.06. The summed E-state index contributed by atoms with van der Waals surface area (Å²) >= 11 is 0. The summed E-state index contributed by atoms with van der Waals surface area (Å²) < 4.78 is 14.0. The van der Waals surface area contributed by atoms with E-state index in [0.29, 0.717) is 0 Å². The number of alkyl halides is 1. The Morgan fingerprint density at radius 3 is 2.18 bits per heavy atom. The summed E-state index contributed by atoms with van der Waals surface area (Å²) in [6, 6.07) is 0. The lowest BCUT2D eigenvalue weighted by molar-refractivity contribution is -0.00147. The first-order valence-corrected chi connectivity index (χ1v) is 4.50. The molecule has 0 amide bonds. The van der Waals surface area contributed by atoms with E-state index in [-0.39, 0.29) is 18.4 Å². The monoisotopic (exact) mass is 159 g/mol. The average Bonchev–Trinajstić information content (AvgIpc) is 1.83. The van der Waals surface area contributed by atoms with Gasteiger partial charge in [-0.1, -0.05) is 20.3 Å². The van der Waals surface area contributed by atoms with Crippen molar-refractivity contribution >= 4 is 0 Å². The van der Waals surface area contributed by atoms with Gasteiger partial charge in [0.05, 0.1) is 0 Å². The average molecular weight is 159 g/mol. The van der Waals surface area contributed by atoms with Gasteiger partial charge in [0.25, 0.3) is 0 Å². The fraction of sp³-hybridized carbons (Fsp3) is 1.00. The van der Waals surface area contributed by atoms with Crippen molar-refractivity contribution in [3.05, 3.63) is 0 Å². The van der Waals surface area contributed by atoms with Gasteiger partial charge in [0.15, 0.2) is 0 Å². The van der Waals surface area contributed by atoms with E-state index in [1.165, 1.54) is 6.42 Å². The highest BCUT2D eigenvalue weighted by molar-refractivity contribution is 4.94. The van der Waals surface area contributed by atoms with Crippen LogP contribution in [0.1, 0.15) is 33.1 Å². The summed E-state index contributed by atoms with van der Waals surface area (Å²) in [5.74, 6) is 0.310. The first-order valence-electron chi connectivity index (χ1n) is 4.50. The molecule has 1 nitrogen and oxygen atoms in total. The van der Waals surface area contributed by atoms with Crippen molar-refractivity contribution in [3.8, 4) is 0 Å². The molecular weight excluding hydrogens is 141 g/mol. The second-order valence-corrected chi connectivity index (χ2v) is 3.91. The molecule has 0 bridgehead atoms. The van der Waals surface area contributed by atoms with Crippen molar-refractivity contribution < 1.29 is 4.39 Å². The zero-order chi connectivity index (χ0) is 8.48. The lowest BCUT2D eigenvalue weighted by atomic mass is 9.69. The molecule has 1 saturated carbocycles. The van der Waals surface area contributed by atoms with E-state index in [1.807, 2.05) is 13.8 Å². The Morgan fingerprint density at radius 2 is 2.09 bits per heavy atom. The van der Waals surface area contributed by atoms with Crippen molar-refractivity contribution in [2.24, 2.45) is 17.6 Å². The second-order valence-electron chi connectivity index (χ2n) is 3.91. The SMILES string of the molecule is CC(C)C(F)(CN)C1CCC1. The molecule has 1 unspecified atom stereocenters. The normalized spacial score (nSPS) is 24.8. The Balaban J connectivity index is 2.57. The largest absolute Gasteiger partial charge is 0.328 e. The number of nitrogens with two attached hydrogens (primary N) is 1. The quantitative estimate of drug-likeness (QED) is 0.670. The zero-order valence-electron chi connectivity index (χ0n) is 7.44. The van der Waals surface area contributed by atoms with Crippen LogP contribution < -0.4 is 5.73 Å². The summed E-state index contributed by atoms with van der Waals surface area (Å²) in [6.07, 6.45) is 3.25. The van der Waals surface area contributed by atoms with Gasteiger partial charge in [0, 0.05) is 6.54 Å². The first kappa shape index (κ1) is 8.98. The molecule has 0 radical (unpaired) electrons. The van der Waals surface area contributed by atoms with Crippen molar-refractivity contribution in [1.29, 1.82) is 0 Å². The van der Waals surface area contributed by atoms with Crippen LogP contribution >= 0.6 is 0 Å². The Morgan fingerprint density at radius 1 is 1.55 bits per heavy atom. The summed E-state index contributed by atoms with van der Waals surface area (Å²) in [5.41, 5.74) is 4.36. The molecule has 0 spiro atoms. The summed E-state index contributed by atoms with van der Waals surface area (Å²) in [4.78, 5) is 0. The van der Waals surface area contributed by atoms with E-state index in [2.05, 4.69) is 0 Å². The standard InChI is InChI=1S/C9H18FN/c1-7(2)9(10,6-11)8-4-3-5-8/h7-8H,3-6,11H2,1-2H3. The Bertz CT molecular complexity index is 132. The highest BCUT2D eigenvalue weighted by atomic mass is 19.1. The van der Waals surface area contributed by atoms with Crippen LogP contribution in [0.25, 0.3) is 0 Å². The predicted molar refractivity (Wildman–Crippen MR) is 45.1 cm³/mol. The highest BCUT2D eigenvalue weighted by Gasteiger charge is 2.43. The Kier molecular flexibility index (Phi) is 2.53. The zero-order valence-corrected chi connectivity index (χ0v) is 7.44. The van der Waals surface area contributed by atoms with Gasteiger partial charge in [-0.3, -0.25) is 0 Å². The van der Waals surface area contributed by atoms with Crippen LogP contribution in [0.5, 0.6) is 0 Å². The Hall–Kier alpha value is -0.110. The van der Waals surface area contributed by atoms with Gasteiger partial charge in [0.2, 0.25) is 0 Å². The summed E-state index contributed by atoms with van der Waals surface area (Å²) in [7, 11) is 0. The fourth-order valence-electron chi connectivity index (χ4n) is 1.76. The number of hydrogen-bond acceptors (Lipinski definition) is 1. The van der Waals surface area contributed by atoms with E-state index < -0.39 is 5.67 Å². The van der Waals surface area contributed by atoms with Crippen molar-refractivity contribution in [2.45, 2.75) is 38.8 Å². The molecule has 0 heterocycles.